The molecule has 0 aliphatic carbocycles. The smallest absolute Gasteiger partial charge is 0.288 e. The molecule has 1 aromatic heterocycles. The predicted molar refractivity (Wildman–Crippen MR) is 84.4 cm³/mol. The summed E-state index contributed by atoms with van der Waals surface area (Å²) in [6.45, 7) is 0. The number of halogens is 2. The fourth-order valence-electron chi connectivity index (χ4n) is 2.02. The van der Waals surface area contributed by atoms with Crippen LogP contribution in [0.25, 0.3) is 17.1 Å². The molecule has 0 saturated heterocycles. The van der Waals surface area contributed by atoms with Crippen molar-refractivity contribution < 1.29 is 0 Å². The van der Waals surface area contributed by atoms with Crippen LogP contribution in [0, 0.1) is 11.3 Å². The molecule has 5 nitrogen and oxygen atoms in total. The molecule has 0 fully saturated rings. The number of nitrogens with zero attached hydrogens (tertiary/aromatic N) is 3. The number of hydrogen-bond donors (Lipinski definition) is 1. The lowest BCUT2D eigenvalue weighted by atomic mass is 10.1. The molecular formula is C15H8Cl2N4O. The van der Waals surface area contributed by atoms with Gasteiger partial charge in [-0.1, -0.05) is 35.3 Å². The Morgan fingerprint density at radius 3 is 2.64 bits per heavy atom. The molecule has 3 rings (SSSR count). The minimum absolute atomic E-state index is 0.313. The summed E-state index contributed by atoms with van der Waals surface area (Å²) in [5, 5.41) is 14.1. The molecular weight excluding hydrogens is 323 g/mol. The number of rotatable bonds is 2. The van der Waals surface area contributed by atoms with Crippen molar-refractivity contribution in [3.8, 4) is 23.1 Å². The number of nitriles is 1. The summed E-state index contributed by atoms with van der Waals surface area (Å²) in [6.07, 6.45) is 0. The van der Waals surface area contributed by atoms with E-state index in [4.69, 9.17) is 28.5 Å². The Labute approximate surface area is 135 Å². The van der Waals surface area contributed by atoms with Crippen LogP contribution in [0.15, 0.2) is 47.3 Å². The summed E-state index contributed by atoms with van der Waals surface area (Å²) in [6, 6.07) is 13.7. The minimum atomic E-state index is -0.430. The third-order valence-electron chi connectivity index (χ3n) is 3.07. The lowest BCUT2D eigenvalue weighted by Gasteiger charge is -2.01. The molecule has 0 bridgehead atoms. The Morgan fingerprint density at radius 1 is 1.14 bits per heavy atom. The molecule has 0 saturated carbocycles. The Hall–Kier alpha value is -2.55. The van der Waals surface area contributed by atoms with E-state index in [9.17, 15) is 4.79 Å². The van der Waals surface area contributed by atoms with Crippen LogP contribution in [-0.4, -0.2) is 14.8 Å². The monoisotopic (exact) mass is 330 g/mol. The molecule has 3 aromatic rings. The molecule has 0 amide bonds. The van der Waals surface area contributed by atoms with Gasteiger partial charge in [0.25, 0.3) is 0 Å². The number of aromatic amines is 1. The van der Waals surface area contributed by atoms with Crippen molar-refractivity contribution in [1.82, 2.24) is 14.8 Å². The van der Waals surface area contributed by atoms with E-state index < -0.39 is 5.69 Å². The number of hydrogen-bond acceptors (Lipinski definition) is 3. The standard InChI is InChI=1S/C15H8Cl2N4O/c16-12-6-5-10(7-13(12)17)21-15(22)19-14(20-21)11-4-2-1-3-9(11)8-18/h1-7H,(H,19,20,22). The average Bonchev–Trinajstić information content (AvgIpc) is 2.92. The van der Waals surface area contributed by atoms with Gasteiger partial charge in [-0.3, -0.25) is 4.98 Å². The number of H-pyrrole nitrogens is 1. The lowest BCUT2D eigenvalue weighted by molar-refractivity contribution is 0.845. The first-order valence-electron chi connectivity index (χ1n) is 6.24. The van der Waals surface area contributed by atoms with Gasteiger partial charge in [0.05, 0.1) is 27.4 Å². The largest absolute Gasteiger partial charge is 0.348 e. The molecule has 0 radical (unpaired) electrons. The minimum Gasteiger partial charge on any atom is -0.288 e. The number of aromatic nitrogens is 3. The van der Waals surface area contributed by atoms with Gasteiger partial charge in [-0.2, -0.15) is 9.94 Å². The van der Waals surface area contributed by atoms with E-state index in [2.05, 4.69) is 16.2 Å². The highest BCUT2D eigenvalue weighted by Crippen LogP contribution is 2.24. The van der Waals surface area contributed by atoms with Crippen molar-refractivity contribution in [2.75, 3.05) is 0 Å². The van der Waals surface area contributed by atoms with Crippen LogP contribution in [0.2, 0.25) is 10.0 Å². The molecule has 0 spiro atoms. The van der Waals surface area contributed by atoms with Gasteiger partial charge in [-0.05, 0) is 30.3 Å². The van der Waals surface area contributed by atoms with Gasteiger partial charge in [0, 0.05) is 5.56 Å². The van der Waals surface area contributed by atoms with Gasteiger partial charge in [0.15, 0.2) is 5.82 Å². The zero-order chi connectivity index (χ0) is 15.7. The zero-order valence-electron chi connectivity index (χ0n) is 11.0. The summed E-state index contributed by atoms with van der Waals surface area (Å²) in [5.74, 6) is 0.313. The Balaban J connectivity index is 2.14. The van der Waals surface area contributed by atoms with Crippen LogP contribution in [0.5, 0.6) is 0 Å². The van der Waals surface area contributed by atoms with Gasteiger partial charge >= 0.3 is 5.69 Å². The van der Waals surface area contributed by atoms with Crippen LogP contribution in [0.4, 0.5) is 0 Å². The molecule has 1 N–H and O–H groups in total. The highest BCUT2D eigenvalue weighted by molar-refractivity contribution is 6.42. The topological polar surface area (TPSA) is 74.5 Å². The Bertz CT molecular complexity index is 953. The number of benzene rings is 2. The molecule has 22 heavy (non-hydrogen) atoms. The average molecular weight is 331 g/mol. The second-order valence-electron chi connectivity index (χ2n) is 4.45. The highest BCUT2D eigenvalue weighted by Gasteiger charge is 2.12. The second-order valence-corrected chi connectivity index (χ2v) is 5.26. The molecule has 0 aliphatic heterocycles. The van der Waals surface area contributed by atoms with Crippen LogP contribution in [0.3, 0.4) is 0 Å². The van der Waals surface area contributed by atoms with Crippen molar-refractivity contribution in [2.45, 2.75) is 0 Å². The van der Waals surface area contributed by atoms with Crippen molar-refractivity contribution in [1.29, 1.82) is 5.26 Å². The maximum Gasteiger partial charge on any atom is 0.348 e. The predicted octanol–water partition coefficient (Wildman–Crippen LogP) is 3.41. The summed E-state index contributed by atoms with van der Waals surface area (Å²) < 4.78 is 1.17. The van der Waals surface area contributed by atoms with Gasteiger partial charge < -0.3 is 0 Å². The third kappa shape index (κ3) is 2.50. The highest BCUT2D eigenvalue weighted by atomic mass is 35.5. The second kappa shape index (κ2) is 5.68. The van der Waals surface area contributed by atoms with Crippen LogP contribution >= 0.6 is 23.2 Å². The van der Waals surface area contributed by atoms with Crippen LogP contribution < -0.4 is 5.69 Å². The van der Waals surface area contributed by atoms with Crippen molar-refractivity contribution in [3.05, 3.63) is 68.6 Å². The normalized spacial score (nSPS) is 10.4. The molecule has 7 heteroatoms. The van der Waals surface area contributed by atoms with Crippen LogP contribution in [0.1, 0.15) is 5.56 Å². The SMILES string of the molecule is N#Cc1ccccc1-c1nn(-c2ccc(Cl)c(Cl)c2)c(=O)[nH]1. The fraction of sp³-hybridized carbons (Fsp3) is 0. The quantitative estimate of drug-likeness (QED) is 0.782. The van der Waals surface area contributed by atoms with Crippen molar-refractivity contribution in [3.63, 3.8) is 0 Å². The molecule has 1 heterocycles. The first-order chi connectivity index (χ1) is 10.6. The molecule has 108 valence electrons. The van der Waals surface area contributed by atoms with Gasteiger partial charge in [-0.25, -0.2) is 4.79 Å². The zero-order valence-corrected chi connectivity index (χ0v) is 12.6. The molecule has 0 aliphatic rings. The van der Waals surface area contributed by atoms with Crippen molar-refractivity contribution in [2.24, 2.45) is 0 Å². The summed E-state index contributed by atoms with van der Waals surface area (Å²) in [4.78, 5) is 14.7. The molecule has 2 aromatic carbocycles. The van der Waals surface area contributed by atoms with Gasteiger partial charge in [0.2, 0.25) is 0 Å². The van der Waals surface area contributed by atoms with E-state index in [1.54, 1.807) is 42.5 Å². The fourth-order valence-corrected chi connectivity index (χ4v) is 2.32. The maximum absolute atomic E-state index is 12.1. The summed E-state index contributed by atoms with van der Waals surface area (Å²) >= 11 is 11.8. The maximum atomic E-state index is 12.1. The van der Waals surface area contributed by atoms with E-state index >= 15 is 0 Å². The number of nitrogens with one attached hydrogen (secondary N) is 1. The van der Waals surface area contributed by atoms with E-state index in [-0.39, 0.29) is 0 Å². The van der Waals surface area contributed by atoms with Gasteiger partial charge in [0.1, 0.15) is 0 Å². The van der Waals surface area contributed by atoms with E-state index in [1.807, 2.05) is 0 Å². The first kappa shape index (κ1) is 14.4. The van der Waals surface area contributed by atoms with Crippen molar-refractivity contribution >= 4 is 23.2 Å². The van der Waals surface area contributed by atoms with Gasteiger partial charge in [-0.15, -0.1) is 5.10 Å². The summed E-state index contributed by atoms with van der Waals surface area (Å²) in [7, 11) is 0. The molecule has 0 unspecified atom stereocenters. The lowest BCUT2D eigenvalue weighted by Crippen LogP contribution is -2.15. The third-order valence-corrected chi connectivity index (χ3v) is 3.81. The van der Waals surface area contributed by atoms with E-state index in [0.29, 0.717) is 32.7 Å². The first-order valence-corrected chi connectivity index (χ1v) is 7.00. The van der Waals surface area contributed by atoms with E-state index in [1.165, 1.54) is 4.68 Å². The Kier molecular flexibility index (Phi) is 3.72. The molecule has 0 atom stereocenters. The van der Waals surface area contributed by atoms with E-state index in [0.717, 1.165) is 0 Å². The Morgan fingerprint density at radius 2 is 1.91 bits per heavy atom. The summed E-state index contributed by atoms with van der Waals surface area (Å²) in [5.41, 5.74) is 1.04. The van der Waals surface area contributed by atoms with Crippen LogP contribution in [-0.2, 0) is 0 Å².